The monoisotopic (exact) mass is 598 g/mol. The van der Waals surface area contributed by atoms with E-state index in [1.807, 2.05) is 24.3 Å². The molecule has 2 aromatic heterocycles. The van der Waals surface area contributed by atoms with Crippen LogP contribution in [0.5, 0.6) is 11.5 Å². The number of hydrogen-bond acceptors (Lipinski definition) is 7. The van der Waals surface area contributed by atoms with Gasteiger partial charge in [-0.3, -0.25) is 14.9 Å². The molecule has 0 bridgehead atoms. The van der Waals surface area contributed by atoms with Crippen LogP contribution in [0.3, 0.4) is 0 Å². The zero-order valence-corrected chi connectivity index (χ0v) is 24.1. The van der Waals surface area contributed by atoms with Gasteiger partial charge in [0, 0.05) is 29.2 Å². The van der Waals surface area contributed by atoms with Gasteiger partial charge in [0.25, 0.3) is 5.69 Å². The first-order valence-electron chi connectivity index (χ1n) is 13.2. The predicted octanol–water partition coefficient (Wildman–Crippen LogP) is 7.17. The number of hydrogen-bond donors (Lipinski definition) is 1. The van der Waals surface area contributed by atoms with Crippen molar-refractivity contribution in [1.29, 1.82) is 0 Å². The van der Waals surface area contributed by atoms with Crippen molar-refractivity contribution < 1.29 is 23.6 Å². The van der Waals surface area contributed by atoms with E-state index >= 15 is 0 Å². The minimum absolute atomic E-state index is 0.0140. The summed E-state index contributed by atoms with van der Waals surface area (Å²) in [6, 6.07) is 26.3. The number of amides is 1. The highest BCUT2D eigenvalue weighted by molar-refractivity contribution is 6.32. The fourth-order valence-electron chi connectivity index (χ4n) is 4.36. The number of aryl methyl sites for hydroxylation is 2. The van der Waals surface area contributed by atoms with Gasteiger partial charge in [-0.15, -0.1) is 0 Å². The number of hydrazone groups is 1. The molecule has 0 aliphatic heterocycles. The first kappa shape index (κ1) is 29.2. The summed E-state index contributed by atoms with van der Waals surface area (Å²) < 4.78 is 19.3. The summed E-state index contributed by atoms with van der Waals surface area (Å²) in [5.41, 5.74) is 7.02. The summed E-state index contributed by atoms with van der Waals surface area (Å²) in [4.78, 5) is 23.0. The average Bonchev–Trinajstić information content (AvgIpc) is 3.62. The van der Waals surface area contributed by atoms with Crippen LogP contribution < -0.4 is 14.9 Å². The number of furan rings is 1. The predicted molar refractivity (Wildman–Crippen MR) is 162 cm³/mol. The Balaban J connectivity index is 1.10. The number of ether oxygens (including phenoxy) is 2. The smallest absolute Gasteiger partial charge is 0.307 e. The third kappa shape index (κ3) is 7.30. The van der Waals surface area contributed by atoms with Crippen molar-refractivity contribution in [2.45, 2.75) is 27.1 Å². The van der Waals surface area contributed by atoms with Gasteiger partial charge < -0.3 is 18.5 Å². The van der Waals surface area contributed by atoms with Crippen LogP contribution in [-0.4, -0.2) is 21.6 Å². The summed E-state index contributed by atoms with van der Waals surface area (Å²) in [6.45, 7) is 4.39. The maximum atomic E-state index is 12.5. The van der Waals surface area contributed by atoms with Crippen LogP contribution in [-0.2, 0) is 13.2 Å². The van der Waals surface area contributed by atoms with Crippen molar-refractivity contribution in [1.82, 2.24) is 9.99 Å². The zero-order valence-electron chi connectivity index (χ0n) is 23.3. The van der Waals surface area contributed by atoms with Gasteiger partial charge in [-0.1, -0.05) is 23.7 Å². The molecule has 1 amide bonds. The van der Waals surface area contributed by atoms with Crippen molar-refractivity contribution in [3.8, 4) is 17.2 Å². The highest BCUT2D eigenvalue weighted by atomic mass is 35.5. The van der Waals surface area contributed by atoms with Gasteiger partial charge in [-0.05, 0) is 91.7 Å². The molecule has 2 heterocycles. The zero-order chi connectivity index (χ0) is 30.3. The van der Waals surface area contributed by atoms with Gasteiger partial charge in [0.15, 0.2) is 5.76 Å². The van der Waals surface area contributed by atoms with Crippen molar-refractivity contribution in [3.63, 3.8) is 0 Å². The lowest BCUT2D eigenvalue weighted by atomic mass is 10.2. The van der Waals surface area contributed by atoms with E-state index in [0.717, 1.165) is 17.1 Å². The van der Waals surface area contributed by atoms with E-state index in [4.69, 9.17) is 25.5 Å². The second kappa shape index (κ2) is 13.1. The van der Waals surface area contributed by atoms with Crippen molar-refractivity contribution in [3.05, 3.63) is 140 Å². The molecule has 10 nitrogen and oxygen atoms in total. The van der Waals surface area contributed by atoms with Crippen molar-refractivity contribution in [2.24, 2.45) is 5.10 Å². The lowest BCUT2D eigenvalue weighted by Gasteiger charge is -2.10. The third-order valence-electron chi connectivity index (χ3n) is 6.48. The first-order valence-corrected chi connectivity index (χ1v) is 13.6. The Bertz CT molecular complexity index is 1770. The quantitative estimate of drug-likeness (QED) is 0.0977. The SMILES string of the molecule is Cc1ccc(C)n1-c1ccc(OCc2ccc(C(=O)N/N=C/c3ccc(OCc4cccc([N+](=O)[O-])c4)c(Cl)c3)o2)cc1. The fraction of sp³-hybridized carbons (Fsp3) is 0.125. The van der Waals surface area contributed by atoms with Gasteiger partial charge in [0.1, 0.15) is 30.5 Å². The molecule has 0 saturated heterocycles. The molecular weight excluding hydrogens is 572 g/mol. The molecule has 5 aromatic rings. The number of aromatic nitrogens is 1. The number of carbonyl (C=O) groups is 1. The van der Waals surface area contributed by atoms with Crippen LogP contribution in [0.4, 0.5) is 5.69 Å². The van der Waals surface area contributed by atoms with Crippen LogP contribution in [0, 0.1) is 24.0 Å². The lowest BCUT2D eigenvalue weighted by Crippen LogP contribution is -2.16. The number of nitro benzene ring substituents is 1. The molecule has 0 radical (unpaired) electrons. The minimum Gasteiger partial charge on any atom is -0.487 e. The minimum atomic E-state index is -0.521. The molecule has 0 aliphatic rings. The van der Waals surface area contributed by atoms with Crippen LogP contribution in [0.15, 0.2) is 101 Å². The van der Waals surface area contributed by atoms with Gasteiger partial charge in [0.2, 0.25) is 0 Å². The molecule has 218 valence electrons. The normalized spacial score (nSPS) is 11.0. The number of rotatable bonds is 11. The summed E-state index contributed by atoms with van der Waals surface area (Å²) in [5.74, 6) is 1.14. The van der Waals surface area contributed by atoms with E-state index in [2.05, 4.69) is 41.1 Å². The maximum Gasteiger partial charge on any atom is 0.307 e. The Labute approximate surface area is 252 Å². The largest absolute Gasteiger partial charge is 0.487 e. The Kier molecular flexibility index (Phi) is 8.88. The van der Waals surface area contributed by atoms with Gasteiger partial charge in [0.05, 0.1) is 16.2 Å². The molecule has 0 atom stereocenters. The number of halogens is 1. The summed E-state index contributed by atoms with van der Waals surface area (Å²) in [7, 11) is 0. The van der Waals surface area contributed by atoms with Crippen molar-refractivity contribution >= 4 is 29.4 Å². The van der Waals surface area contributed by atoms with Gasteiger partial charge in [-0.2, -0.15) is 5.10 Å². The van der Waals surface area contributed by atoms with E-state index in [9.17, 15) is 14.9 Å². The molecule has 0 aliphatic carbocycles. The Hall–Kier alpha value is -5.35. The van der Waals surface area contributed by atoms with Crippen LogP contribution in [0.25, 0.3) is 5.69 Å². The van der Waals surface area contributed by atoms with Crippen molar-refractivity contribution in [2.75, 3.05) is 0 Å². The third-order valence-corrected chi connectivity index (χ3v) is 6.78. The lowest BCUT2D eigenvalue weighted by molar-refractivity contribution is -0.384. The molecule has 0 saturated carbocycles. The topological polar surface area (TPSA) is 121 Å². The fourth-order valence-corrected chi connectivity index (χ4v) is 4.60. The molecule has 0 unspecified atom stereocenters. The van der Waals surface area contributed by atoms with Crippen LogP contribution in [0.1, 0.15) is 38.8 Å². The Morgan fingerprint density at radius 1 is 0.977 bits per heavy atom. The maximum absolute atomic E-state index is 12.5. The highest BCUT2D eigenvalue weighted by Gasteiger charge is 2.12. The van der Waals surface area contributed by atoms with Crippen LogP contribution in [0.2, 0.25) is 5.02 Å². The van der Waals surface area contributed by atoms with Gasteiger partial charge in [-0.25, -0.2) is 5.43 Å². The summed E-state index contributed by atoms with van der Waals surface area (Å²) in [5, 5.41) is 15.2. The highest BCUT2D eigenvalue weighted by Crippen LogP contribution is 2.26. The van der Waals surface area contributed by atoms with Gasteiger partial charge >= 0.3 is 5.91 Å². The molecular formula is C32H27ClN4O6. The van der Waals surface area contributed by atoms with Crippen LogP contribution >= 0.6 is 11.6 Å². The second-order valence-corrected chi connectivity index (χ2v) is 10.0. The number of nitro groups is 1. The van der Waals surface area contributed by atoms with E-state index in [0.29, 0.717) is 33.4 Å². The number of carbonyl (C=O) groups excluding carboxylic acids is 1. The molecule has 1 N–H and O–H groups in total. The number of benzene rings is 3. The number of non-ortho nitro benzene ring substituents is 1. The molecule has 0 spiro atoms. The molecule has 43 heavy (non-hydrogen) atoms. The molecule has 5 rings (SSSR count). The van der Waals surface area contributed by atoms with E-state index in [1.165, 1.54) is 18.3 Å². The van der Waals surface area contributed by atoms with E-state index in [1.54, 1.807) is 42.5 Å². The first-order chi connectivity index (χ1) is 20.8. The van der Waals surface area contributed by atoms with E-state index in [-0.39, 0.29) is 24.7 Å². The second-order valence-electron chi connectivity index (χ2n) is 9.60. The number of nitrogens with one attached hydrogen (secondary N) is 1. The molecule has 3 aromatic carbocycles. The number of nitrogens with zero attached hydrogens (tertiary/aromatic N) is 3. The Morgan fingerprint density at radius 2 is 1.74 bits per heavy atom. The Morgan fingerprint density at radius 3 is 2.47 bits per heavy atom. The summed E-state index contributed by atoms with van der Waals surface area (Å²) >= 11 is 6.32. The molecule has 0 fully saturated rings. The van der Waals surface area contributed by atoms with E-state index < -0.39 is 10.8 Å². The standard InChI is InChI=1S/C32H27ClN4O6/c1-21-6-7-22(2)36(21)25-9-11-27(12-10-25)41-20-28-13-15-31(43-28)32(38)35-34-18-23-8-14-30(29(33)17-23)42-19-24-4-3-5-26(16-24)37(39)40/h3-18H,19-20H2,1-2H3,(H,35,38)/b34-18+. The summed E-state index contributed by atoms with van der Waals surface area (Å²) in [6.07, 6.45) is 1.43. The molecule has 11 heteroatoms. The average molecular weight is 599 g/mol.